The van der Waals surface area contributed by atoms with Gasteiger partial charge in [-0.25, -0.2) is 14.8 Å². The zero-order valence-corrected chi connectivity index (χ0v) is 12.9. The number of thioether (sulfide) groups is 2. The molecule has 3 rings (SSSR count). The first kappa shape index (κ1) is 14.2. The summed E-state index contributed by atoms with van der Waals surface area (Å²) in [4.78, 5) is 20.5. The van der Waals surface area contributed by atoms with Crippen LogP contribution in [0, 0.1) is 0 Å². The van der Waals surface area contributed by atoms with Crippen LogP contribution in [0.25, 0.3) is 0 Å². The van der Waals surface area contributed by atoms with Crippen LogP contribution >= 0.6 is 23.5 Å². The predicted octanol–water partition coefficient (Wildman–Crippen LogP) is 1.73. The fraction of sp³-hybridized carbons (Fsp3) is 0.615. The largest absolute Gasteiger partial charge is 0.477 e. The van der Waals surface area contributed by atoms with Crippen LogP contribution in [0.4, 0.5) is 0 Å². The number of aromatic carboxylic acids is 1. The highest BCUT2D eigenvalue weighted by Gasteiger charge is 2.30. The average molecular weight is 311 g/mol. The zero-order valence-electron chi connectivity index (χ0n) is 11.3. The van der Waals surface area contributed by atoms with Crippen LogP contribution in [0.1, 0.15) is 39.7 Å². The van der Waals surface area contributed by atoms with Gasteiger partial charge in [0.1, 0.15) is 5.82 Å². The minimum absolute atomic E-state index is 0.194. The second-order valence-corrected chi connectivity index (χ2v) is 7.69. The number of rotatable bonds is 2. The number of aromatic nitrogens is 2. The van der Waals surface area contributed by atoms with Crippen LogP contribution in [0.5, 0.6) is 0 Å². The van der Waals surface area contributed by atoms with E-state index in [4.69, 9.17) is 0 Å². The molecular formula is C13H17N3O2S2. The fourth-order valence-corrected chi connectivity index (χ4v) is 5.29. The predicted molar refractivity (Wildman–Crippen MR) is 81.5 cm³/mol. The van der Waals surface area contributed by atoms with Gasteiger partial charge in [-0.3, -0.25) is 0 Å². The lowest BCUT2D eigenvalue weighted by Crippen LogP contribution is -2.29. The van der Waals surface area contributed by atoms with E-state index in [1.54, 1.807) is 0 Å². The number of hydrogen-bond acceptors (Lipinski definition) is 6. The summed E-state index contributed by atoms with van der Waals surface area (Å²) in [6.07, 6.45) is 0.694. The van der Waals surface area contributed by atoms with E-state index in [1.807, 2.05) is 23.5 Å². The Balaban J connectivity index is 2.03. The second-order valence-electron chi connectivity index (χ2n) is 4.95. The Hall–Kier alpha value is -0.790. The van der Waals surface area contributed by atoms with Gasteiger partial charge in [0, 0.05) is 28.9 Å². The maximum absolute atomic E-state index is 11.5. The molecule has 0 saturated carbocycles. The van der Waals surface area contributed by atoms with Crippen LogP contribution < -0.4 is 5.32 Å². The van der Waals surface area contributed by atoms with E-state index in [-0.39, 0.29) is 10.9 Å². The standard InChI is InChI=1S/C13H17N3O2S2/c1-7-11(20-5-4-19-7)12-15-9-6-14-3-2-8(9)10(16-12)13(17)18/h7,11,14H,2-6H2,1H3,(H,17,18). The molecule has 0 amide bonds. The van der Waals surface area contributed by atoms with E-state index < -0.39 is 5.97 Å². The van der Waals surface area contributed by atoms with Gasteiger partial charge in [-0.15, -0.1) is 11.8 Å². The van der Waals surface area contributed by atoms with Gasteiger partial charge in [0.2, 0.25) is 0 Å². The summed E-state index contributed by atoms with van der Waals surface area (Å²) < 4.78 is 0. The molecule has 2 aliphatic rings. The van der Waals surface area contributed by atoms with E-state index in [0.29, 0.717) is 24.0 Å². The Bertz CT molecular complexity index is 539. The van der Waals surface area contributed by atoms with Crippen LogP contribution in [0.2, 0.25) is 0 Å². The molecule has 1 aromatic rings. The molecule has 1 fully saturated rings. The van der Waals surface area contributed by atoms with E-state index in [1.165, 1.54) is 0 Å². The van der Waals surface area contributed by atoms with Crippen molar-refractivity contribution in [3.63, 3.8) is 0 Å². The topological polar surface area (TPSA) is 75.1 Å². The summed E-state index contributed by atoms with van der Waals surface area (Å²) >= 11 is 3.75. The summed E-state index contributed by atoms with van der Waals surface area (Å²) in [6, 6.07) is 0. The van der Waals surface area contributed by atoms with Gasteiger partial charge in [-0.05, 0) is 13.0 Å². The zero-order chi connectivity index (χ0) is 14.1. The molecule has 0 bridgehead atoms. The Kier molecular flexibility index (Phi) is 4.18. The van der Waals surface area contributed by atoms with E-state index in [0.717, 1.165) is 29.3 Å². The number of nitrogens with one attached hydrogen (secondary N) is 1. The van der Waals surface area contributed by atoms with Crippen molar-refractivity contribution in [1.29, 1.82) is 0 Å². The molecule has 0 aliphatic carbocycles. The molecular weight excluding hydrogens is 294 g/mol. The van der Waals surface area contributed by atoms with Crippen molar-refractivity contribution >= 4 is 29.5 Å². The van der Waals surface area contributed by atoms with Gasteiger partial charge >= 0.3 is 5.97 Å². The van der Waals surface area contributed by atoms with E-state index >= 15 is 0 Å². The Morgan fingerprint density at radius 3 is 2.90 bits per heavy atom. The highest BCUT2D eigenvalue weighted by Crippen LogP contribution is 2.41. The van der Waals surface area contributed by atoms with Crippen LogP contribution in [0.3, 0.4) is 0 Å². The number of carbonyl (C=O) groups is 1. The van der Waals surface area contributed by atoms with Crippen molar-refractivity contribution < 1.29 is 9.90 Å². The molecule has 20 heavy (non-hydrogen) atoms. The number of fused-ring (bicyclic) bond motifs is 1. The molecule has 0 spiro atoms. The van der Waals surface area contributed by atoms with Gasteiger partial charge in [-0.1, -0.05) is 6.92 Å². The summed E-state index contributed by atoms with van der Waals surface area (Å²) in [5.41, 5.74) is 1.87. The summed E-state index contributed by atoms with van der Waals surface area (Å²) in [7, 11) is 0. The van der Waals surface area contributed by atoms with Crippen LogP contribution in [0.15, 0.2) is 0 Å². The molecule has 7 heteroatoms. The molecule has 108 valence electrons. The molecule has 2 unspecified atom stereocenters. The van der Waals surface area contributed by atoms with Crippen molar-refractivity contribution in [3.8, 4) is 0 Å². The van der Waals surface area contributed by atoms with Crippen molar-refractivity contribution in [3.05, 3.63) is 22.8 Å². The van der Waals surface area contributed by atoms with Crippen LogP contribution in [-0.4, -0.2) is 44.3 Å². The lowest BCUT2D eigenvalue weighted by molar-refractivity contribution is 0.0688. The third kappa shape index (κ3) is 2.66. The number of carboxylic acids is 1. The summed E-state index contributed by atoms with van der Waals surface area (Å²) in [6.45, 7) is 3.60. The van der Waals surface area contributed by atoms with Crippen molar-refractivity contribution in [2.24, 2.45) is 0 Å². The van der Waals surface area contributed by atoms with E-state index in [2.05, 4.69) is 22.2 Å². The molecule has 2 atom stereocenters. The third-order valence-electron chi connectivity index (χ3n) is 3.60. The van der Waals surface area contributed by atoms with Crippen molar-refractivity contribution in [2.45, 2.75) is 30.4 Å². The average Bonchev–Trinajstić information content (AvgIpc) is 2.46. The lowest BCUT2D eigenvalue weighted by atomic mass is 10.0. The Morgan fingerprint density at radius 1 is 1.35 bits per heavy atom. The molecule has 2 aliphatic heterocycles. The van der Waals surface area contributed by atoms with Gasteiger partial charge in [0.15, 0.2) is 5.69 Å². The quantitative estimate of drug-likeness (QED) is 0.861. The third-order valence-corrected chi connectivity index (χ3v) is 6.69. The maximum Gasteiger partial charge on any atom is 0.354 e. The van der Waals surface area contributed by atoms with Crippen molar-refractivity contribution in [1.82, 2.24) is 15.3 Å². The number of hydrogen-bond donors (Lipinski definition) is 2. The maximum atomic E-state index is 11.5. The molecule has 2 N–H and O–H groups in total. The number of carboxylic acid groups (broad SMARTS) is 1. The molecule has 3 heterocycles. The van der Waals surface area contributed by atoms with Crippen LogP contribution in [-0.2, 0) is 13.0 Å². The molecule has 1 saturated heterocycles. The first-order valence-corrected chi connectivity index (χ1v) is 8.83. The smallest absolute Gasteiger partial charge is 0.354 e. The minimum atomic E-state index is -0.937. The highest BCUT2D eigenvalue weighted by atomic mass is 32.2. The molecule has 5 nitrogen and oxygen atoms in total. The van der Waals surface area contributed by atoms with Gasteiger partial charge in [0.05, 0.1) is 10.9 Å². The Labute approximate surface area is 126 Å². The first-order valence-electron chi connectivity index (χ1n) is 6.73. The summed E-state index contributed by atoms with van der Waals surface area (Å²) in [5, 5.41) is 13.3. The summed E-state index contributed by atoms with van der Waals surface area (Å²) in [5.74, 6) is 1.96. The lowest BCUT2D eigenvalue weighted by Gasteiger charge is -2.28. The fourth-order valence-electron chi connectivity index (χ4n) is 2.60. The number of nitrogens with zero attached hydrogens (tertiary/aromatic N) is 2. The molecule has 0 aromatic carbocycles. The SMILES string of the molecule is CC1SCCSC1c1nc2c(c(C(=O)O)n1)CCNC2. The highest BCUT2D eigenvalue weighted by molar-refractivity contribution is 8.06. The molecule has 0 radical (unpaired) electrons. The Morgan fingerprint density at radius 2 is 2.15 bits per heavy atom. The first-order chi connectivity index (χ1) is 9.66. The van der Waals surface area contributed by atoms with Crippen molar-refractivity contribution in [2.75, 3.05) is 18.1 Å². The van der Waals surface area contributed by atoms with Gasteiger partial charge < -0.3 is 10.4 Å². The second kappa shape index (κ2) is 5.91. The molecule has 1 aromatic heterocycles. The monoisotopic (exact) mass is 311 g/mol. The van der Waals surface area contributed by atoms with E-state index in [9.17, 15) is 9.90 Å². The normalized spacial score (nSPS) is 26.1. The van der Waals surface area contributed by atoms with Gasteiger partial charge in [-0.2, -0.15) is 11.8 Å². The van der Waals surface area contributed by atoms with Gasteiger partial charge in [0.25, 0.3) is 0 Å². The minimum Gasteiger partial charge on any atom is -0.477 e.